The zero-order valence-corrected chi connectivity index (χ0v) is 36.7. The number of rotatable bonds is 5. The minimum atomic E-state index is -0.190. The standard InChI is InChI=1S/C58H38N4O.C2H6/c1-58(2)48-30-26-36-16-9-10-19-41(36)53(48)46-29-24-39(33-49(46)58)42-21-13-22-45-47-32-38(35-14-5-3-6-15-35)27-31-50(47)62(54(42)45)57-60-55(37-17-7-4-8-18-37)59-56(61-57)40-25-28-44-43-20-11-12-23-51(43)63-52(44)34-40;1-2/h3-34H,1-2H3;1-2H3. The summed E-state index contributed by atoms with van der Waals surface area (Å²) in [5, 5.41) is 6.95. The number of furan rings is 1. The van der Waals surface area contributed by atoms with Gasteiger partial charge >= 0.3 is 0 Å². The van der Waals surface area contributed by atoms with Crippen LogP contribution in [0, 0.1) is 0 Å². The topological polar surface area (TPSA) is 56.7 Å². The van der Waals surface area contributed by atoms with Crippen LogP contribution in [0.5, 0.6) is 0 Å². The lowest BCUT2D eigenvalue weighted by molar-refractivity contribution is 0.661. The van der Waals surface area contributed by atoms with E-state index in [-0.39, 0.29) is 5.41 Å². The van der Waals surface area contributed by atoms with Gasteiger partial charge in [-0.15, -0.1) is 0 Å². The molecule has 0 atom stereocenters. The fourth-order valence-electron chi connectivity index (χ4n) is 10.2. The molecule has 1 aliphatic rings. The van der Waals surface area contributed by atoms with Crippen molar-refractivity contribution in [2.24, 2.45) is 0 Å². The van der Waals surface area contributed by atoms with E-state index in [0.717, 1.165) is 71.6 Å². The maximum Gasteiger partial charge on any atom is 0.238 e. The first-order valence-corrected chi connectivity index (χ1v) is 22.5. The molecule has 0 amide bonds. The van der Waals surface area contributed by atoms with Gasteiger partial charge in [-0.3, -0.25) is 4.57 Å². The van der Waals surface area contributed by atoms with E-state index in [9.17, 15) is 0 Å². The smallest absolute Gasteiger partial charge is 0.238 e. The highest BCUT2D eigenvalue weighted by Crippen LogP contribution is 2.52. The van der Waals surface area contributed by atoms with Crippen molar-refractivity contribution in [2.45, 2.75) is 33.1 Å². The second-order valence-electron chi connectivity index (χ2n) is 17.2. The van der Waals surface area contributed by atoms with E-state index in [0.29, 0.717) is 17.6 Å². The van der Waals surface area contributed by atoms with Gasteiger partial charge in [0.05, 0.1) is 11.0 Å². The summed E-state index contributed by atoms with van der Waals surface area (Å²) < 4.78 is 8.63. The monoisotopic (exact) mass is 836 g/mol. The van der Waals surface area contributed by atoms with Crippen molar-refractivity contribution >= 4 is 54.5 Å². The number of para-hydroxylation sites is 2. The number of nitrogens with zero attached hydrogens (tertiary/aromatic N) is 4. The van der Waals surface area contributed by atoms with E-state index in [2.05, 4.69) is 176 Å². The Bertz CT molecular complexity index is 3820. The van der Waals surface area contributed by atoms with E-state index in [1.54, 1.807) is 0 Å². The third kappa shape index (κ3) is 6.03. The molecular formula is C60H44N4O. The Labute approximate surface area is 377 Å². The Morgan fingerprint density at radius 2 is 1.08 bits per heavy atom. The summed E-state index contributed by atoms with van der Waals surface area (Å²) in [7, 11) is 0. The molecule has 0 N–H and O–H groups in total. The molecule has 65 heavy (non-hydrogen) atoms. The molecule has 0 radical (unpaired) electrons. The number of fused-ring (bicyclic) bond motifs is 11. The number of aromatic nitrogens is 4. The second kappa shape index (κ2) is 15.0. The molecule has 0 saturated carbocycles. The molecule has 9 aromatic carbocycles. The van der Waals surface area contributed by atoms with E-state index in [1.165, 1.54) is 38.6 Å². The van der Waals surface area contributed by atoms with Gasteiger partial charge in [0.1, 0.15) is 11.2 Å². The molecule has 12 aromatic rings. The average molecular weight is 837 g/mol. The van der Waals surface area contributed by atoms with Crippen LogP contribution in [0.15, 0.2) is 199 Å². The average Bonchev–Trinajstić information content (AvgIpc) is 3.99. The first kappa shape index (κ1) is 38.5. The van der Waals surface area contributed by atoms with Crippen LogP contribution >= 0.6 is 0 Å². The Kier molecular flexibility index (Phi) is 8.89. The van der Waals surface area contributed by atoms with E-state index in [4.69, 9.17) is 19.4 Å². The number of hydrogen-bond acceptors (Lipinski definition) is 4. The normalized spacial score (nSPS) is 12.7. The maximum absolute atomic E-state index is 6.37. The van der Waals surface area contributed by atoms with Gasteiger partial charge in [-0.2, -0.15) is 9.97 Å². The van der Waals surface area contributed by atoms with Gasteiger partial charge in [-0.1, -0.05) is 185 Å². The highest BCUT2D eigenvalue weighted by Gasteiger charge is 2.37. The van der Waals surface area contributed by atoms with Gasteiger partial charge in [0.15, 0.2) is 11.6 Å². The Hall–Kier alpha value is -8.15. The lowest BCUT2D eigenvalue weighted by atomic mass is 9.81. The molecule has 0 aliphatic heterocycles. The van der Waals surface area contributed by atoms with Crippen LogP contribution in [-0.4, -0.2) is 19.5 Å². The van der Waals surface area contributed by atoms with Crippen LogP contribution in [0.25, 0.3) is 117 Å². The van der Waals surface area contributed by atoms with Gasteiger partial charge in [-0.05, 0) is 86.1 Å². The van der Waals surface area contributed by atoms with E-state index < -0.39 is 0 Å². The molecule has 0 fully saturated rings. The summed E-state index contributed by atoms with van der Waals surface area (Å²) in [6.07, 6.45) is 0. The van der Waals surface area contributed by atoms with Crippen LogP contribution in [-0.2, 0) is 5.41 Å². The van der Waals surface area contributed by atoms with Crippen molar-refractivity contribution < 1.29 is 4.42 Å². The summed E-state index contributed by atoms with van der Waals surface area (Å²) in [6.45, 7) is 8.72. The lowest BCUT2D eigenvalue weighted by Crippen LogP contribution is -2.15. The minimum absolute atomic E-state index is 0.190. The first-order chi connectivity index (χ1) is 32.0. The summed E-state index contributed by atoms with van der Waals surface area (Å²) >= 11 is 0. The Balaban J connectivity index is 0.00000219. The quantitative estimate of drug-likeness (QED) is 0.173. The summed E-state index contributed by atoms with van der Waals surface area (Å²) in [5.74, 6) is 1.71. The molecule has 0 spiro atoms. The fraction of sp³-hybridized carbons (Fsp3) is 0.0833. The van der Waals surface area contributed by atoms with Crippen LogP contribution in [0.4, 0.5) is 0 Å². The van der Waals surface area contributed by atoms with Crippen molar-refractivity contribution in [2.75, 3.05) is 0 Å². The third-order valence-corrected chi connectivity index (χ3v) is 13.3. The molecule has 1 aliphatic carbocycles. The lowest BCUT2D eigenvalue weighted by Gasteiger charge is -2.22. The van der Waals surface area contributed by atoms with Gasteiger partial charge in [0.25, 0.3) is 0 Å². The molecule has 0 saturated heterocycles. The van der Waals surface area contributed by atoms with E-state index >= 15 is 0 Å². The van der Waals surface area contributed by atoms with Crippen molar-refractivity contribution in [3.05, 3.63) is 205 Å². The molecule has 5 heteroatoms. The van der Waals surface area contributed by atoms with Crippen LogP contribution in [0.1, 0.15) is 38.8 Å². The molecule has 310 valence electrons. The largest absolute Gasteiger partial charge is 0.456 e. The third-order valence-electron chi connectivity index (χ3n) is 13.3. The molecule has 3 heterocycles. The maximum atomic E-state index is 6.37. The number of benzene rings is 9. The fourth-order valence-corrected chi connectivity index (χ4v) is 10.2. The van der Waals surface area contributed by atoms with E-state index in [1.807, 2.05) is 50.2 Å². The molecule has 0 bridgehead atoms. The molecular weight excluding hydrogens is 793 g/mol. The number of hydrogen-bond donors (Lipinski definition) is 0. The van der Waals surface area contributed by atoms with Crippen LogP contribution in [0.3, 0.4) is 0 Å². The molecule has 3 aromatic heterocycles. The highest BCUT2D eigenvalue weighted by molar-refractivity contribution is 6.15. The highest BCUT2D eigenvalue weighted by atomic mass is 16.3. The molecule has 5 nitrogen and oxygen atoms in total. The zero-order valence-electron chi connectivity index (χ0n) is 36.7. The van der Waals surface area contributed by atoms with Gasteiger partial charge in [-0.25, -0.2) is 4.98 Å². The van der Waals surface area contributed by atoms with Crippen molar-refractivity contribution in [1.29, 1.82) is 0 Å². The summed E-state index contributed by atoms with van der Waals surface area (Å²) in [5.41, 5.74) is 15.2. The SMILES string of the molecule is CC.CC1(C)c2cc(-c3cccc4c5cc(-c6ccccc6)ccc5n(-c5nc(-c6ccccc6)nc(-c6ccc7c(c6)oc6ccccc67)n5)c34)ccc2-c2c1ccc1ccccc21. The predicted molar refractivity (Wildman–Crippen MR) is 270 cm³/mol. The summed E-state index contributed by atoms with van der Waals surface area (Å²) in [4.78, 5) is 15.9. The van der Waals surface area contributed by atoms with Gasteiger partial charge < -0.3 is 4.42 Å². The molecule has 13 rings (SSSR count). The van der Waals surface area contributed by atoms with Gasteiger partial charge in [0, 0.05) is 43.7 Å². The van der Waals surface area contributed by atoms with Gasteiger partial charge in [0.2, 0.25) is 5.95 Å². The minimum Gasteiger partial charge on any atom is -0.456 e. The zero-order chi connectivity index (χ0) is 43.8. The Morgan fingerprint density at radius 3 is 1.89 bits per heavy atom. The molecule has 0 unspecified atom stereocenters. The Morgan fingerprint density at radius 1 is 0.415 bits per heavy atom. The van der Waals surface area contributed by atoms with Crippen molar-refractivity contribution in [3.63, 3.8) is 0 Å². The second-order valence-corrected chi connectivity index (χ2v) is 17.2. The van der Waals surface area contributed by atoms with Crippen LogP contribution < -0.4 is 0 Å². The predicted octanol–water partition coefficient (Wildman–Crippen LogP) is 16.0. The first-order valence-electron chi connectivity index (χ1n) is 22.5. The van der Waals surface area contributed by atoms with Crippen molar-refractivity contribution in [1.82, 2.24) is 19.5 Å². The summed E-state index contributed by atoms with van der Waals surface area (Å²) in [6, 6.07) is 69.0. The van der Waals surface area contributed by atoms with Crippen molar-refractivity contribution in [3.8, 4) is 62.1 Å². The van der Waals surface area contributed by atoms with Crippen LogP contribution in [0.2, 0.25) is 0 Å².